The quantitative estimate of drug-likeness (QED) is 0.0859. The van der Waals surface area contributed by atoms with E-state index < -0.39 is 18.2 Å². The molecule has 0 bridgehead atoms. The minimum absolute atomic E-state index is 0.390. The lowest BCUT2D eigenvalue weighted by molar-refractivity contribution is -0.137. The van der Waals surface area contributed by atoms with Crippen LogP contribution in [0.15, 0.2) is 97.6 Å². The van der Waals surface area contributed by atoms with Crippen LogP contribution in [0.25, 0.3) is 22.4 Å². The fourth-order valence-electron chi connectivity index (χ4n) is 4.69. The molecular weight excluding hydrogens is 532 g/mol. The molecule has 1 atom stereocenters. The Labute approximate surface area is 244 Å². The lowest BCUT2D eigenvalue weighted by Gasteiger charge is -2.25. The standard InChI is InChI=1S/C35H32O7/c1-2-32(36)40-22-8-4-3-7-21-39-28-17-15-26(16-18-28)34(37)41-29-19-13-25(14-20-29)31-23-27-12-11-24-9-5-6-10-30(24)33(27)42-35(31)38/h2,5-6,9-20,23,35,38H,1,3-4,7-8,21-22H2. The van der Waals surface area contributed by atoms with Gasteiger partial charge in [0.25, 0.3) is 0 Å². The second kappa shape index (κ2) is 13.7. The van der Waals surface area contributed by atoms with Crippen LogP contribution in [0.2, 0.25) is 0 Å². The van der Waals surface area contributed by atoms with Gasteiger partial charge in [0.1, 0.15) is 17.2 Å². The Morgan fingerprint density at radius 3 is 2.31 bits per heavy atom. The van der Waals surface area contributed by atoms with Gasteiger partial charge in [-0.05, 0) is 79.1 Å². The van der Waals surface area contributed by atoms with Crippen molar-refractivity contribution in [1.29, 1.82) is 0 Å². The summed E-state index contributed by atoms with van der Waals surface area (Å²) >= 11 is 0. The van der Waals surface area contributed by atoms with Crippen molar-refractivity contribution in [3.8, 4) is 17.2 Å². The molecule has 42 heavy (non-hydrogen) atoms. The summed E-state index contributed by atoms with van der Waals surface area (Å²) in [5.74, 6) is 0.848. The highest BCUT2D eigenvalue weighted by Crippen LogP contribution is 2.39. The predicted molar refractivity (Wildman–Crippen MR) is 161 cm³/mol. The first-order valence-electron chi connectivity index (χ1n) is 13.9. The van der Waals surface area contributed by atoms with E-state index in [4.69, 9.17) is 18.9 Å². The van der Waals surface area contributed by atoms with Crippen LogP contribution in [0.4, 0.5) is 0 Å². The van der Waals surface area contributed by atoms with Gasteiger partial charge >= 0.3 is 11.9 Å². The van der Waals surface area contributed by atoms with Crippen molar-refractivity contribution in [1.82, 2.24) is 0 Å². The Bertz CT molecular complexity index is 1590. The maximum Gasteiger partial charge on any atom is 0.343 e. The molecule has 5 rings (SSSR count). The SMILES string of the molecule is C=CC(=O)OCCCCCCOc1ccc(C(=O)Oc2ccc(C3=Cc4ccc5ccccc5c4OC3O)cc2)cc1. The molecule has 0 aromatic heterocycles. The van der Waals surface area contributed by atoms with E-state index in [1.807, 2.05) is 42.5 Å². The van der Waals surface area contributed by atoms with E-state index in [9.17, 15) is 14.7 Å². The van der Waals surface area contributed by atoms with Crippen LogP contribution in [-0.2, 0) is 9.53 Å². The van der Waals surface area contributed by atoms with Crippen LogP contribution in [0.5, 0.6) is 17.2 Å². The molecule has 0 radical (unpaired) electrons. The zero-order valence-corrected chi connectivity index (χ0v) is 23.2. The average Bonchev–Trinajstić information content (AvgIpc) is 3.02. The topological polar surface area (TPSA) is 91.3 Å². The van der Waals surface area contributed by atoms with Gasteiger partial charge in [-0.3, -0.25) is 0 Å². The number of aliphatic hydroxyl groups is 1. The molecule has 0 saturated carbocycles. The Kier molecular flexibility index (Phi) is 9.31. The summed E-state index contributed by atoms with van der Waals surface area (Å²) in [5, 5.41) is 12.7. The third-order valence-corrected chi connectivity index (χ3v) is 6.92. The molecular formula is C35H32O7. The molecule has 0 fully saturated rings. The molecule has 1 N–H and O–H groups in total. The van der Waals surface area contributed by atoms with Gasteiger partial charge in [-0.25, -0.2) is 9.59 Å². The molecule has 4 aromatic rings. The summed E-state index contributed by atoms with van der Waals surface area (Å²) in [5.41, 5.74) is 2.68. The van der Waals surface area contributed by atoms with Crippen LogP contribution >= 0.6 is 0 Å². The van der Waals surface area contributed by atoms with Gasteiger partial charge in [-0.15, -0.1) is 0 Å². The van der Waals surface area contributed by atoms with Crippen molar-refractivity contribution in [2.75, 3.05) is 13.2 Å². The van der Waals surface area contributed by atoms with Gasteiger partial charge in [-0.1, -0.05) is 55.1 Å². The monoisotopic (exact) mass is 564 g/mol. The number of benzene rings is 4. The maximum absolute atomic E-state index is 12.7. The Morgan fingerprint density at radius 1 is 0.833 bits per heavy atom. The lowest BCUT2D eigenvalue weighted by Crippen LogP contribution is -2.21. The van der Waals surface area contributed by atoms with E-state index in [1.165, 1.54) is 0 Å². The number of hydrogen-bond acceptors (Lipinski definition) is 7. The average molecular weight is 565 g/mol. The molecule has 1 heterocycles. The lowest BCUT2D eigenvalue weighted by atomic mass is 9.97. The Hall–Kier alpha value is -4.88. The summed E-state index contributed by atoms with van der Waals surface area (Å²) in [6.45, 7) is 4.32. The molecule has 0 spiro atoms. The fourth-order valence-corrected chi connectivity index (χ4v) is 4.69. The molecule has 0 saturated heterocycles. The number of esters is 2. The first-order chi connectivity index (χ1) is 20.5. The minimum atomic E-state index is -1.12. The number of aliphatic hydroxyl groups excluding tert-OH is 1. The van der Waals surface area contributed by atoms with E-state index in [1.54, 1.807) is 48.5 Å². The van der Waals surface area contributed by atoms with Gasteiger partial charge < -0.3 is 24.1 Å². The number of carbonyl (C=O) groups is 2. The first-order valence-corrected chi connectivity index (χ1v) is 13.9. The van der Waals surface area contributed by atoms with E-state index in [-0.39, 0.29) is 0 Å². The van der Waals surface area contributed by atoms with E-state index in [0.717, 1.165) is 53.7 Å². The van der Waals surface area contributed by atoms with Crippen LogP contribution in [0, 0.1) is 0 Å². The van der Waals surface area contributed by atoms with E-state index in [0.29, 0.717) is 41.6 Å². The van der Waals surface area contributed by atoms with Crippen molar-refractivity contribution in [2.45, 2.75) is 32.0 Å². The van der Waals surface area contributed by atoms with Crippen LogP contribution in [-0.4, -0.2) is 36.5 Å². The summed E-state index contributed by atoms with van der Waals surface area (Å²) in [4.78, 5) is 23.7. The largest absolute Gasteiger partial charge is 0.494 e. The van der Waals surface area contributed by atoms with Gasteiger partial charge in [0.15, 0.2) is 0 Å². The van der Waals surface area contributed by atoms with Crippen molar-refractivity contribution < 1.29 is 33.6 Å². The molecule has 214 valence electrons. The van der Waals surface area contributed by atoms with Crippen molar-refractivity contribution >= 4 is 34.4 Å². The van der Waals surface area contributed by atoms with Gasteiger partial charge in [-0.2, -0.15) is 0 Å². The molecule has 1 aliphatic heterocycles. The second-order valence-electron chi connectivity index (χ2n) is 9.85. The van der Waals surface area contributed by atoms with Crippen molar-refractivity contribution in [2.24, 2.45) is 0 Å². The zero-order chi connectivity index (χ0) is 29.3. The second-order valence-corrected chi connectivity index (χ2v) is 9.85. The molecule has 0 amide bonds. The summed E-state index contributed by atoms with van der Waals surface area (Å²) in [6, 6.07) is 25.7. The number of ether oxygens (including phenoxy) is 4. The molecule has 7 nitrogen and oxygen atoms in total. The van der Waals surface area contributed by atoms with Crippen LogP contribution in [0.3, 0.4) is 0 Å². The highest BCUT2D eigenvalue weighted by molar-refractivity contribution is 5.97. The normalized spacial score (nSPS) is 13.8. The molecule has 4 aromatic carbocycles. The van der Waals surface area contributed by atoms with E-state index in [2.05, 4.69) is 6.58 Å². The molecule has 1 aliphatic rings. The van der Waals surface area contributed by atoms with Gasteiger partial charge in [0.05, 0.1) is 18.8 Å². The summed E-state index contributed by atoms with van der Waals surface area (Å²) < 4.78 is 22.2. The number of unbranched alkanes of at least 4 members (excludes halogenated alkanes) is 3. The number of carbonyl (C=O) groups excluding carboxylic acids is 2. The highest BCUT2D eigenvalue weighted by Gasteiger charge is 2.23. The Balaban J connectivity index is 1.11. The van der Waals surface area contributed by atoms with Gasteiger partial charge in [0, 0.05) is 22.6 Å². The molecule has 1 unspecified atom stereocenters. The third-order valence-electron chi connectivity index (χ3n) is 6.92. The third kappa shape index (κ3) is 7.06. The fraction of sp³-hybridized carbons (Fsp3) is 0.200. The molecule has 0 aliphatic carbocycles. The van der Waals surface area contributed by atoms with Crippen LogP contribution in [0.1, 0.15) is 47.2 Å². The number of rotatable bonds is 12. The van der Waals surface area contributed by atoms with Crippen molar-refractivity contribution in [3.63, 3.8) is 0 Å². The minimum Gasteiger partial charge on any atom is -0.494 e. The van der Waals surface area contributed by atoms with Crippen LogP contribution < -0.4 is 14.2 Å². The Morgan fingerprint density at radius 2 is 1.55 bits per heavy atom. The van der Waals surface area contributed by atoms with Gasteiger partial charge in [0.2, 0.25) is 6.29 Å². The maximum atomic E-state index is 12.7. The number of hydrogen-bond donors (Lipinski definition) is 1. The zero-order valence-electron chi connectivity index (χ0n) is 23.2. The summed E-state index contributed by atoms with van der Waals surface area (Å²) in [6.07, 6.45) is 5.54. The number of fused-ring (bicyclic) bond motifs is 3. The smallest absolute Gasteiger partial charge is 0.343 e. The predicted octanol–water partition coefficient (Wildman–Crippen LogP) is 6.98. The first kappa shape index (κ1) is 28.6. The van der Waals surface area contributed by atoms with E-state index >= 15 is 0 Å². The highest BCUT2D eigenvalue weighted by atomic mass is 16.6. The summed E-state index contributed by atoms with van der Waals surface area (Å²) in [7, 11) is 0. The van der Waals surface area contributed by atoms with Crippen molar-refractivity contribution in [3.05, 3.63) is 114 Å². The molecule has 7 heteroatoms.